The zero-order valence-electron chi connectivity index (χ0n) is 17.9. The van der Waals surface area contributed by atoms with Crippen LogP contribution in [0.3, 0.4) is 0 Å². The van der Waals surface area contributed by atoms with E-state index in [1.54, 1.807) is 53.4 Å². The number of amides is 2. The van der Waals surface area contributed by atoms with Crippen LogP contribution in [0.2, 0.25) is 5.02 Å². The smallest absolute Gasteiger partial charge is 0.354 e. The van der Waals surface area contributed by atoms with Crippen LogP contribution in [-0.2, 0) is 20.9 Å². The first-order chi connectivity index (χ1) is 16.5. The van der Waals surface area contributed by atoms with Crippen LogP contribution in [0.25, 0.3) is 11.5 Å². The van der Waals surface area contributed by atoms with Crippen molar-refractivity contribution in [3.63, 3.8) is 0 Å². The predicted molar refractivity (Wildman–Crippen MR) is 120 cm³/mol. The first-order valence-electron chi connectivity index (χ1n) is 11.0. The molecule has 1 aliphatic carbocycles. The molecule has 0 bridgehead atoms. The minimum Gasteiger partial charge on any atom is -0.452 e. The van der Waals surface area contributed by atoms with Crippen molar-refractivity contribution < 1.29 is 23.5 Å². The summed E-state index contributed by atoms with van der Waals surface area (Å²) >= 11 is 5.92. The second-order valence-corrected chi connectivity index (χ2v) is 8.99. The number of fused-ring (bicyclic) bond motifs is 3. The molecule has 1 saturated heterocycles. The lowest BCUT2D eigenvalue weighted by Gasteiger charge is -2.48. The number of hydrogen-bond acceptors (Lipinski definition) is 7. The van der Waals surface area contributed by atoms with Crippen molar-refractivity contribution in [2.75, 3.05) is 4.90 Å². The Morgan fingerprint density at radius 2 is 1.88 bits per heavy atom. The van der Waals surface area contributed by atoms with E-state index in [0.717, 1.165) is 12.8 Å². The first kappa shape index (κ1) is 20.9. The zero-order valence-corrected chi connectivity index (χ0v) is 18.7. The fourth-order valence-corrected chi connectivity index (χ4v) is 4.90. The molecule has 3 heterocycles. The molecule has 2 amide bonds. The van der Waals surface area contributed by atoms with Gasteiger partial charge in [0.05, 0.1) is 11.3 Å². The summed E-state index contributed by atoms with van der Waals surface area (Å²) in [6, 6.07) is 13.7. The molecule has 6 rings (SSSR count). The summed E-state index contributed by atoms with van der Waals surface area (Å²) in [5, 5.41) is 8.54. The maximum absolute atomic E-state index is 13.6. The van der Waals surface area contributed by atoms with Crippen molar-refractivity contribution in [1.29, 1.82) is 0 Å². The van der Waals surface area contributed by atoms with Gasteiger partial charge in [0.25, 0.3) is 11.8 Å². The van der Waals surface area contributed by atoms with Crippen molar-refractivity contribution in [2.24, 2.45) is 0 Å². The fourth-order valence-electron chi connectivity index (χ4n) is 4.78. The van der Waals surface area contributed by atoms with Gasteiger partial charge in [0.1, 0.15) is 0 Å². The molecule has 0 spiro atoms. The van der Waals surface area contributed by atoms with E-state index in [0.29, 0.717) is 21.8 Å². The monoisotopic (exact) mass is 478 g/mol. The highest BCUT2D eigenvalue weighted by Gasteiger charge is 2.64. The summed E-state index contributed by atoms with van der Waals surface area (Å²) in [7, 11) is 0. The normalized spacial score (nSPS) is 21.4. The second kappa shape index (κ2) is 7.66. The van der Waals surface area contributed by atoms with Gasteiger partial charge in [-0.2, -0.15) is 0 Å². The number of aromatic nitrogens is 2. The van der Waals surface area contributed by atoms with Gasteiger partial charge >= 0.3 is 5.97 Å². The number of benzene rings is 2. The van der Waals surface area contributed by atoms with Gasteiger partial charge in [-0.15, -0.1) is 10.2 Å². The van der Waals surface area contributed by atoms with Crippen LogP contribution in [0.5, 0.6) is 0 Å². The molecule has 2 fully saturated rings. The Morgan fingerprint density at radius 1 is 1.12 bits per heavy atom. The molecular formula is C24H19ClN4O5. The highest BCUT2D eigenvalue weighted by molar-refractivity contribution is 6.30. The summed E-state index contributed by atoms with van der Waals surface area (Å²) in [6.45, 7) is -0.280. The maximum atomic E-state index is 13.6. The number of halogens is 1. The SMILES string of the molecule is O=C1CCC2(C(=O)OCc3nnc(-c4ccc(Cl)cc4)o3)N1c1ccccc1C(=O)N2C1CC1. The van der Waals surface area contributed by atoms with Crippen LogP contribution in [0, 0.1) is 0 Å². The maximum Gasteiger partial charge on any atom is 0.354 e. The average molecular weight is 479 g/mol. The van der Waals surface area contributed by atoms with Crippen LogP contribution < -0.4 is 4.90 Å². The Labute approximate surface area is 199 Å². The Hall–Kier alpha value is -3.72. The second-order valence-electron chi connectivity index (χ2n) is 8.55. The van der Waals surface area contributed by atoms with Gasteiger partial charge in [-0.05, 0) is 49.2 Å². The molecule has 0 radical (unpaired) electrons. The first-order valence-corrected chi connectivity index (χ1v) is 11.4. The van der Waals surface area contributed by atoms with Crippen LogP contribution >= 0.6 is 11.6 Å². The van der Waals surface area contributed by atoms with Gasteiger partial charge in [0, 0.05) is 29.5 Å². The molecule has 34 heavy (non-hydrogen) atoms. The van der Waals surface area contributed by atoms with Crippen molar-refractivity contribution in [3.05, 3.63) is 65.0 Å². The van der Waals surface area contributed by atoms with Crippen LogP contribution in [0.1, 0.15) is 41.9 Å². The Balaban J connectivity index is 1.30. The van der Waals surface area contributed by atoms with Crippen molar-refractivity contribution >= 4 is 35.1 Å². The van der Waals surface area contributed by atoms with E-state index in [9.17, 15) is 14.4 Å². The van der Waals surface area contributed by atoms with Crippen molar-refractivity contribution in [2.45, 2.75) is 44.0 Å². The van der Waals surface area contributed by atoms with Gasteiger partial charge in [-0.3, -0.25) is 14.5 Å². The predicted octanol–water partition coefficient (Wildman–Crippen LogP) is 3.57. The fraction of sp³-hybridized carbons (Fsp3) is 0.292. The molecule has 3 aromatic rings. The zero-order chi connectivity index (χ0) is 23.4. The van der Waals surface area contributed by atoms with Gasteiger partial charge in [-0.25, -0.2) is 4.79 Å². The minimum atomic E-state index is -1.51. The lowest BCUT2D eigenvalue weighted by Crippen LogP contribution is -2.69. The molecule has 9 nitrogen and oxygen atoms in total. The van der Waals surface area contributed by atoms with Gasteiger partial charge in [0.2, 0.25) is 17.5 Å². The van der Waals surface area contributed by atoms with E-state index in [-0.39, 0.29) is 49.1 Å². The lowest BCUT2D eigenvalue weighted by atomic mass is 9.96. The number of anilines is 1. The molecule has 172 valence electrons. The quantitative estimate of drug-likeness (QED) is 0.516. The van der Waals surface area contributed by atoms with E-state index in [1.165, 1.54) is 4.90 Å². The van der Waals surface area contributed by atoms with Crippen molar-refractivity contribution in [3.8, 4) is 11.5 Å². The van der Waals surface area contributed by atoms with E-state index < -0.39 is 11.6 Å². The highest BCUT2D eigenvalue weighted by Crippen LogP contribution is 2.49. The number of carbonyl (C=O) groups is 3. The summed E-state index contributed by atoms with van der Waals surface area (Å²) in [6.07, 6.45) is 1.86. The molecule has 0 N–H and O–H groups in total. The van der Waals surface area contributed by atoms with Gasteiger partial charge in [-0.1, -0.05) is 23.7 Å². The average Bonchev–Trinajstić information content (AvgIpc) is 3.45. The summed E-state index contributed by atoms with van der Waals surface area (Å²) in [5.74, 6) is -0.792. The lowest BCUT2D eigenvalue weighted by molar-refractivity contribution is -0.159. The molecule has 2 aliphatic heterocycles. The van der Waals surface area contributed by atoms with Gasteiger partial charge in [0.15, 0.2) is 6.61 Å². The van der Waals surface area contributed by atoms with Crippen molar-refractivity contribution in [1.82, 2.24) is 15.1 Å². The third-order valence-corrected chi connectivity index (χ3v) is 6.68. The standard InChI is InChI=1S/C24H19ClN4O5/c25-15-7-5-14(6-8-15)21-27-26-19(34-21)13-33-23(32)24-12-11-20(30)29(24)18-4-2-1-3-17(18)22(31)28(24)16-9-10-16/h1-8,16H,9-13H2. The topological polar surface area (TPSA) is 106 Å². The number of nitrogens with zero attached hydrogens (tertiary/aromatic N) is 4. The highest BCUT2D eigenvalue weighted by atomic mass is 35.5. The largest absolute Gasteiger partial charge is 0.452 e. The summed E-state index contributed by atoms with van der Waals surface area (Å²) in [4.78, 5) is 43.0. The van der Waals surface area contributed by atoms with Gasteiger partial charge < -0.3 is 14.1 Å². The summed E-state index contributed by atoms with van der Waals surface area (Å²) in [5.41, 5.74) is 0.0159. The van der Waals surface area contributed by atoms with E-state index in [4.69, 9.17) is 20.8 Å². The Kier molecular flexibility index (Phi) is 4.70. The number of rotatable bonds is 5. The number of para-hydroxylation sites is 1. The molecule has 1 atom stereocenters. The number of ether oxygens (including phenoxy) is 1. The van der Waals surface area contributed by atoms with Crippen LogP contribution in [-0.4, -0.2) is 44.6 Å². The minimum absolute atomic E-state index is 0.103. The molecular weight excluding hydrogens is 460 g/mol. The number of esters is 1. The Bertz CT molecular complexity index is 1320. The molecule has 1 aromatic heterocycles. The number of hydrogen-bond donors (Lipinski definition) is 0. The number of carbonyl (C=O) groups excluding carboxylic acids is 3. The summed E-state index contributed by atoms with van der Waals surface area (Å²) < 4.78 is 11.3. The molecule has 1 saturated carbocycles. The molecule has 2 aromatic carbocycles. The van der Waals surface area contributed by atoms with Crippen LogP contribution in [0.15, 0.2) is 52.9 Å². The van der Waals surface area contributed by atoms with E-state index >= 15 is 0 Å². The molecule has 10 heteroatoms. The van der Waals surface area contributed by atoms with E-state index in [2.05, 4.69) is 10.2 Å². The van der Waals surface area contributed by atoms with E-state index in [1.807, 2.05) is 0 Å². The molecule has 1 unspecified atom stereocenters. The molecule has 3 aliphatic rings. The third kappa shape index (κ3) is 3.11. The van der Waals surface area contributed by atoms with Crippen LogP contribution in [0.4, 0.5) is 5.69 Å². The third-order valence-electron chi connectivity index (χ3n) is 6.42. The Morgan fingerprint density at radius 3 is 2.65 bits per heavy atom.